The third kappa shape index (κ3) is 17.6. The third-order valence-electron chi connectivity index (χ3n) is 12.8. The van der Waals surface area contributed by atoms with Crippen LogP contribution in [0, 0.1) is 0 Å². The van der Waals surface area contributed by atoms with Gasteiger partial charge in [-0.25, -0.2) is 4.79 Å². The van der Waals surface area contributed by atoms with Gasteiger partial charge in [-0.05, 0) is 55.7 Å². The van der Waals surface area contributed by atoms with Crippen molar-refractivity contribution in [2.45, 2.75) is 178 Å². The van der Waals surface area contributed by atoms with E-state index in [1.165, 1.54) is 77.3 Å². The largest absolute Gasteiger partial charge is 0.507 e. The van der Waals surface area contributed by atoms with E-state index in [9.17, 15) is 72.4 Å². The van der Waals surface area contributed by atoms with Crippen LogP contribution in [0.25, 0.3) is 11.1 Å². The standard InChI is InChI=1S/C49H73N5O17S/c1-5-6-7-8-9-10-11-12-13-14-15-16-17-18-38(57)50-22-21-39(58)52-35(27-72(67,68)69)47(64)54(4)40-31-25-33(44(37(56)26-31)71-49-43(61)42(60)41(59)29(3)70-49)32-23-30(19-20-36(32)55)24-34(48(65)66)53-45(62)28(2)51-46(40)63/h19-20,23,25-26,28-29,34-35,40-43,49,55-56,59-61H,5-18,21-22,24,27H2,1-4H3,(H,50,57)(H,51,63)(H,52,58)(H,53,62)(H,65,66)(H,67,68,69)/t28-,29-,34-,35-,40-,41-,42+,43+,49-/m0/s1. The highest BCUT2D eigenvalue weighted by atomic mass is 32.2. The number of amides is 5. The Morgan fingerprint density at radius 2 is 1.40 bits per heavy atom. The zero-order valence-electron chi connectivity index (χ0n) is 41.4. The van der Waals surface area contributed by atoms with Crippen LogP contribution >= 0.6 is 0 Å². The van der Waals surface area contributed by atoms with Crippen molar-refractivity contribution in [3.63, 3.8) is 0 Å². The number of aliphatic hydroxyl groups is 3. The van der Waals surface area contributed by atoms with Gasteiger partial charge < -0.3 is 66.3 Å². The van der Waals surface area contributed by atoms with Crippen molar-refractivity contribution in [2.75, 3.05) is 19.3 Å². The molecular formula is C49H73N5O17S. The van der Waals surface area contributed by atoms with Crippen LogP contribution < -0.4 is 26.0 Å². The molecule has 72 heavy (non-hydrogen) atoms. The maximum atomic E-state index is 14.4. The van der Waals surface area contributed by atoms with Gasteiger partial charge in [0.1, 0.15) is 54.0 Å². The topological polar surface area (TPSA) is 348 Å². The van der Waals surface area contributed by atoms with Crippen molar-refractivity contribution in [2.24, 2.45) is 0 Å². The summed E-state index contributed by atoms with van der Waals surface area (Å²) in [5.41, 5.74) is -0.547. The zero-order valence-corrected chi connectivity index (χ0v) is 42.2. The fraction of sp³-hybridized carbons (Fsp3) is 0.633. The van der Waals surface area contributed by atoms with Crippen LogP contribution in [0.3, 0.4) is 0 Å². The Morgan fingerprint density at radius 1 is 0.792 bits per heavy atom. The molecule has 2 aromatic carbocycles. The highest BCUT2D eigenvalue weighted by molar-refractivity contribution is 7.85. The second-order valence-electron chi connectivity index (χ2n) is 18.7. The number of carboxylic acids is 1. The average molecular weight is 1040 g/mol. The minimum absolute atomic E-state index is 0.189. The number of aliphatic carboxylic acids is 1. The second kappa shape index (κ2) is 28.0. The molecule has 4 rings (SSSR count). The summed E-state index contributed by atoms with van der Waals surface area (Å²) in [5, 5.41) is 74.2. The molecule has 1 saturated heterocycles. The van der Waals surface area contributed by atoms with E-state index in [0.29, 0.717) is 11.3 Å². The number of likely N-dealkylation sites (N-methyl/N-ethyl adjacent to an activating group) is 1. The number of ether oxygens (including phenoxy) is 2. The lowest BCUT2D eigenvalue weighted by molar-refractivity contribution is -0.268. The smallest absolute Gasteiger partial charge is 0.326 e. The number of nitrogens with one attached hydrogen (secondary N) is 4. The summed E-state index contributed by atoms with van der Waals surface area (Å²) in [5.74, 6) is -9.43. The van der Waals surface area contributed by atoms with Crippen molar-refractivity contribution in [1.82, 2.24) is 26.2 Å². The van der Waals surface area contributed by atoms with Crippen molar-refractivity contribution < 1.29 is 81.9 Å². The van der Waals surface area contributed by atoms with Gasteiger partial charge in [0.15, 0.2) is 11.5 Å². The summed E-state index contributed by atoms with van der Waals surface area (Å²) < 4.78 is 46.0. The number of unbranched alkanes of at least 4 members (excludes halogenated alkanes) is 12. The number of aromatic hydroxyl groups is 2. The summed E-state index contributed by atoms with van der Waals surface area (Å²) in [7, 11) is -4.02. The number of nitrogens with zero attached hydrogens (tertiary/aromatic N) is 1. The molecule has 2 aromatic rings. The Kier molecular flexibility index (Phi) is 23.0. The molecule has 0 unspecified atom stereocenters. The van der Waals surface area contributed by atoms with Gasteiger partial charge >= 0.3 is 5.97 Å². The van der Waals surface area contributed by atoms with E-state index >= 15 is 0 Å². The molecule has 0 saturated carbocycles. The Bertz CT molecular complexity index is 2300. The molecule has 9 atom stereocenters. The highest BCUT2D eigenvalue weighted by Crippen LogP contribution is 2.45. The number of hydrogen-bond acceptors (Lipinski definition) is 15. The summed E-state index contributed by atoms with van der Waals surface area (Å²) in [4.78, 5) is 80.9. The third-order valence-corrected chi connectivity index (χ3v) is 13.5. The van der Waals surface area contributed by atoms with Gasteiger partial charge in [-0.3, -0.25) is 28.5 Å². The number of phenolic OH excluding ortho intramolecular Hbond substituents is 2. The van der Waals surface area contributed by atoms with Gasteiger partial charge in [-0.15, -0.1) is 0 Å². The lowest BCUT2D eigenvalue weighted by Crippen LogP contribution is -2.58. The number of hydrogen-bond donors (Lipinski definition) is 11. The van der Waals surface area contributed by atoms with E-state index in [4.69, 9.17) is 9.47 Å². The van der Waals surface area contributed by atoms with E-state index in [1.807, 2.05) is 0 Å². The van der Waals surface area contributed by atoms with Crippen molar-refractivity contribution >= 4 is 45.6 Å². The van der Waals surface area contributed by atoms with E-state index < -0.39 is 124 Å². The summed E-state index contributed by atoms with van der Waals surface area (Å²) in [6.45, 7) is 4.59. The van der Waals surface area contributed by atoms with Crippen LogP contribution in [0.15, 0.2) is 30.3 Å². The molecule has 2 heterocycles. The molecule has 0 radical (unpaired) electrons. The van der Waals surface area contributed by atoms with Gasteiger partial charge in [-0.2, -0.15) is 8.42 Å². The number of aliphatic hydroxyl groups excluding tert-OH is 3. The van der Waals surface area contributed by atoms with Gasteiger partial charge in [0.05, 0.1) is 6.10 Å². The summed E-state index contributed by atoms with van der Waals surface area (Å²) >= 11 is 0. The van der Waals surface area contributed by atoms with Crippen LogP contribution in [-0.4, -0.2) is 152 Å². The fourth-order valence-electron chi connectivity index (χ4n) is 8.64. The van der Waals surface area contributed by atoms with Crippen LogP contribution in [-0.2, 0) is 50.0 Å². The number of fused-ring (bicyclic) bond motifs is 5. The Hall–Kier alpha value is -5.59. The first-order valence-corrected chi connectivity index (χ1v) is 26.3. The Labute approximate surface area is 420 Å². The maximum Gasteiger partial charge on any atom is 0.326 e. The first-order valence-electron chi connectivity index (χ1n) is 24.7. The lowest BCUT2D eigenvalue weighted by atomic mass is 9.93. The van der Waals surface area contributed by atoms with Crippen molar-refractivity contribution in [1.29, 1.82) is 0 Å². The highest BCUT2D eigenvalue weighted by Gasteiger charge is 2.44. The van der Waals surface area contributed by atoms with E-state index in [1.54, 1.807) is 0 Å². The molecule has 5 amide bonds. The van der Waals surface area contributed by atoms with E-state index in [-0.39, 0.29) is 47.5 Å². The summed E-state index contributed by atoms with van der Waals surface area (Å²) in [6.07, 6.45) is 6.07. The maximum absolute atomic E-state index is 14.4. The molecule has 402 valence electrons. The predicted molar refractivity (Wildman–Crippen MR) is 261 cm³/mol. The van der Waals surface area contributed by atoms with E-state index in [0.717, 1.165) is 50.9 Å². The van der Waals surface area contributed by atoms with Crippen molar-refractivity contribution in [3.05, 3.63) is 41.5 Å². The van der Waals surface area contributed by atoms with Gasteiger partial charge in [0, 0.05) is 44.0 Å². The molecule has 11 N–H and O–H groups in total. The van der Waals surface area contributed by atoms with Crippen LogP contribution in [0.2, 0.25) is 0 Å². The fourth-order valence-corrected chi connectivity index (χ4v) is 9.29. The number of rotatable bonds is 25. The molecule has 4 bridgehead atoms. The lowest BCUT2D eigenvalue weighted by Gasteiger charge is -2.39. The average Bonchev–Trinajstić information content (AvgIpc) is 3.31. The molecule has 0 aromatic heterocycles. The molecule has 2 aliphatic rings. The second-order valence-corrected chi connectivity index (χ2v) is 20.2. The minimum Gasteiger partial charge on any atom is -0.507 e. The predicted octanol–water partition coefficient (Wildman–Crippen LogP) is 2.46. The van der Waals surface area contributed by atoms with Gasteiger partial charge in [0.2, 0.25) is 35.8 Å². The van der Waals surface area contributed by atoms with Crippen molar-refractivity contribution in [3.8, 4) is 28.4 Å². The van der Waals surface area contributed by atoms with E-state index in [2.05, 4.69) is 28.2 Å². The monoisotopic (exact) mass is 1040 g/mol. The molecule has 0 spiro atoms. The summed E-state index contributed by atoms with van der Waals surface area (Å²) in [6, 6.07) is -1.27. The SMILES string of the molecule is CCCCCCCCCCCCCCCC(=O)NCCC(=O)N[C@@H](CS(=O)(=O)O)C(=O)N(C)[C@@H]1C(=O)N[C@@H](C)C(=O)N[C@H](C(=O)O)Cc2ccc(O)c(c2)-c2cc1cc(O)c2O[C@@H]1O[C@@H](C)[C@H](O)[C@@H](O)[C@H]1O. The number of carboxylic acid groups (broad SMARTS) is 1. The molecule has 23 heteroatoms. The molecule has 22 nitrogen and oxygen atoms in total. The van der Waals surface area contributed by atoms with Crippen LogP contribution in [0.1, 0.15) is 134 Å². The van der Waals surface area contributed by atoms with Crippen LogP contribution in [0.5, 0.6) is 17.2 Å². The Morgan fingerprint density at radius 3 is 2.00 bits per heavy atom. The number of carbonyl (C=O) groups is 6. The first kappa shape index (κ1) is 59.0. The number of carbonyl (C=O) groups excluding carboxylic acids is 5. The molecule has 1 fully saturated rings. The normalized spacial score (nSPS) is 22.9. The molecule has 0 aliphatic carbocycles. The number of benzene rings is 2. The van der Waals surface area contributed by atoms with Gasteiger partial charge in [-0.1, -0.05) is 90.0 Å². The van der Waals surface area contributed by atoms with Crippen LogP contribution in [0.4, 0.5) is 0 Å². The quantitative estimate of drug-likeness (QED) is 0.0503. The first-order chi connectivity index (χ1) is 34.0. The Balaban J connectivity index is 1.57. The molecular weight excluding hydrogens is 963 g/mol. The minimum atomic E-state index is -5.04. The molecule has 2 aliphatic heterocycles. The number of phenols is 2. The van der Waals surface area contributed by atoms with Gasteiger partial charge in [0.25, 0.3) is 10.1 Å². The zero-order chi connectivity index (χ0) is 53.3.